The van der Waals surface area contributed by atoms with Crippen molar-refractivity contribution in [2.24, 2.45) is 0 Å². The average molecular weight is 451 g/mol. The van der Waals surface area contributed by atoms with Gasteiger partial charge in [-0.2, -0.15) is 0 Å². The maximum atomic E-state index is 13.1. The van der Waals surface area contributed by atoms with Crippen LogP contribution in [0.15, 0.2) is 36.4 Å². The Bertz CT molecular complexity index is 882. The highest BCUT2D eigenvalue weighted by molar-refractivity contribution is 6.42. The Kier molecular flexibility index (Phi) is 9.00. The molecule has 1 N–H and O–H groups in total. The summed E-state index contributed by atoms with van der Waals surface area (Å²) in [6.45, 7) is 8.21. The number of nitrogens with one attached hydrogen (secondary N) is 1. The monoisotopic (exact) mass is 450 g/mol. The van der Waals surface area contributed by atoms with Gasteiger partial charge in [0.25, 0.3) is 5.91 Å². The first-order valence-electron chi connectivity index (χ1n) is 9.97. The molecular formula is C23H28Cl2N2O3. The van der Waals surface area contributed by atoms with Crippen LogP contribution in [0.2, 0.25) is 10.0 Å². The van der Waals surface area contributed by atoms with E-state index in [9.17, 15) is 9.59 Å². The van der Waals surface area contributed by atoms with Crippen LogP contribution in [-0.2, 0) is 16.1 Å². The molecular weight excluding hydrogens is 423 g/mol. The zero-order valence-corrected chi connectivity index (χ0v) is 19.3. The first-order chi connectivity index (χ1) is 14.2. The number of carbonyl (C=O) groups excluding carboxylic acids is 2. The van der Waals surface area contributed by atoms with E-state index in [0.717, 1.165) is 16.7 Å². The summed E-state index contributed by atoms with van der Waals surface area (Å²) in [5.74, 6) is 0.152. The molecule has 0 aromatic heterocycles. The predicted octanol–water partition coefficient (Wildman–Crippen LogP) is 4.93. The topological polar surface area (TPSA) is 58.6 Å². The number of carbonyl (C=O) groups is 2. The molecule has 2 rings (SSSR count). The van der Waals surface area contributed by atoms with Crippen molar-refractivity contribution in [3.8, 4) is 5.75 Å². The van der Waals surface area contributed by atoms with Crippen molar-refractivity contribution in [2.45, 2.75) is 46.7 Å². The number of ether oxygens (including phenoxy) is 1. The molecule has 1 unspecified atom stereocenters. The lowest BCUT2D eigenvalue weighted by Gasteiger charge is -2.30. The molecule has 30 heavy (non-hydrogen) atoms. The summed E-state index contributed by atoms with van der Waals surface area (Å²) in [6.07, 6.45) is 0.475. The molecule has 0 spiro atoms. The lowest BCUT2D eigenvalue weighted by Crippen LogP contribution is -2.50. The summed E-state index contributed by atoms with van der Waals surface area (Å²) < 4.78 is 5.76. The number of halogens is 2. The summed E-state index contributed by atoms with van der Waals surface area (Å²) in [5, 5.41) is 3.65. The fraction of sp³-hybridized carbons (Fsp3) is 0.391. The van der Waals surface area contributed by atoms with Crippen molar-refractivity contribution in [3.05, 3.63) is 63.1 Å². The first kappa shape index (κ1) is 24.0. The Morgan fingerprint density at radius 2 is 1.70 bits per heavy atom. The van der Waals surface area contributed by atoms with Crippen LogP contribution in [0, 0.1) is 13.8 Å². The Balaban J connectivity index is 2.24. The minimum absolute atomic E-state index is 0.167. The number of nitrogens with zero attached hydrogens (tertiary/aromatic N) is 1. The molecule has 0 saturated heterocycles. The zero-order chi connectivity index (χ0) is 22.3. The molecule has 0 heterocycles. The molecule has 0 bridgehead atoms. The number of rotatable bonds is 9. The number of likely N-dealkylation sites (N-methyl/N-ethyl adjacent to an activating group) is 1. The number of benzene rings is 2. The molecule has 0 aliphatic heterocycles. The van der Waals surface area contributed by atoms with E-state index in [4.69, 9.17) is 27.9 Å². The van der Waals surface area contributed by atoms with Crippen LogP contribution in [0.1, 0.15) is 37.0 Å². The van der Waals surface area contributed by atoms with Crippen LogP contribution < -0.4 is 10.1 Å². The Morgan fingerprint density at radius 3 is 2.27 bits per heavy atom. The van der Waals surface area contributed by atoms with Crippen molar-refractivity contribution in [3.63, 3.8) is 0 Å². The van der Waals surface area contributed by atoms with Crippen LogP contribution in [0.3, 0.4) is 0 Å². The summed E-state index contributed by atoms with van der Waals surface area (Å²) in [7, 11) is 0. The van der Waals surface area contributed by atoms with E-state index in [1.54, 1.807) is 18.2 Å². The molecule has 0 saturated carbocycles. The average Bonchev–Trinajstić information content (AvgIpc) is 2.68. The molecule has 2 aromatic rings. The van der Waals surface area contributed by atoms with Gasteiger partial charge in [0.15, 0.2) is 6.61 Å². The van der Waals surface area contributed by atoms with E-state index >= 15 is 0 Å². The number of aryl methyl sites for hydroxylation is 2. The fourth-order valence-corrected chi connectivity index (χ4v) is 3.61. The van der Waals surface area contributed by atoms with E-state index in [2.05, 4.69) is 5.32 Å². The molecule has 0 aliphatic rings. The van der Waals surface area contributed by atoms with Crippen molar-refractivity contribution in [1.29, 1.82) is 0 Å². The lowest BCUT2D eigenvalue weighted by molar-refractivity contribution is -0.142. The molecule has 2 amide bonds. The maximum Gasteiger partial charge on any atom is 0.261 e. The minimum atomic E-state index is -0.616. The van der Waals surface area contributed by atoms with Gasteiger partial charge < -0.3 is 15.0 Å². The van der Waals surface area contributed by atoms with Gasteiger partial charge in [-0.15, -0.1) is 0 Å². The zero-order valence-electron chi connectivity index (χ0n) is 17.8. The summed E-state index contributed by atoms with van der Waals surface area (Å²) in [4.78, 5) is 27.3. The normalized spacial score (nSPS) is 11.7. The first-order valence-corrected chi connectivity index (χ1v) is 10.7. The van der Waals surface area contributed by atoms with Gasteiger partial charge >= 0.3 is 0 Å². The van der Waals surface area contributed by atoms with Crippen LogP contribution in [0.5, 0.6) is 5.75 Å². The summed E-state index contributed by atoms with van der Waals surface area (Å²) >= 11 is 12.1. The van der Waals surface area contributed by atoms with E-state index in [1.807, 2.05) is 45.9 Å². The van der Waals surface area contributed by atoms with Gasteiger partial charge in [0.05, 0.1) is 10.0 Å². The van der Waals surface area contributed by atoms with Crippen molar-refractivity contribution < 1.29 is 14.3 Å². The lowest BCUT2D eigenvalue weighted by atomic mass is 10.1. The van der Waals surface area contributed by atoms with Gasteiger partial charge in [-0.25, -0.2) is 0 Å². The minimum Gasteiger partial charge on any atom is -0.484 e. The van der Waals surface area contributed by atoms with Gasteiger partial charge in [0.2, 0.25) is 5.91 Å². The van der Waals surface area contributed by atoms with Gasteiger partial charge in [0.1, 0.15) is 11.8 Å². The number of hydrogen-bond acceptors (Lipinski definition) is 3. The van der Waals surface area contributed by atoms with Crippen LogP contribution in [0.4, 0.5) is 0 Å². The summed E-state index contributed by atoms with van der Waals surface area (Å²) in [6, 6.07) is 10.4. The molecule has 1 atom stereocenters. The van der Waals surface area contributed by atoms with Crippen molar-refractivity contribution >= 4 is 35.0 Å². The second-order valence-corrected chi connectivity index (χ2v) is 8.02. The predicted molar refractivity (Wildman–Crippen MR) is 121 cm³/mol. The van der Waals surface area contributed by atoms with E-state index < -0.39 is 6.04 Å². The largest absolute Gasteiger partial charge is 0.484 e. The van der Waals surface area contributed by atoms with E-state index in [0.29, 0.717) is 28.8 Å². The van der Waals surface area contributed by atoms with Crippen molar-refractivity contribution in [2.75, 3.05) is 13.2 Å². The smallest absolute Gasteiger partial charge is 0.261 e. The van der Waals surface area contributed by atoms with Gasteiger partial charge in [-0.3, -0.25) is 9.59 Å². The van der Waals surface area contributed by atoms with Gasteiger partial charge in [-0.05, 0) is 68.1 Å². The van der Waals surface area contributed by atoms with Gasteiger partial charge in [-0.1, -0.05) is 42.3 Å². The van der Waals surface area contributed by atoms with E-state index in [-0.39, 0.29) is 25.0 Å². The SMILES string of the molecule is CCNC(=O)C(CC)N(Cc1ccc(Cl)c(Cl)c1)C(=O)COc1cc(C)cc(C)c1. The van der Waals surface area contributed by atoms with Crippen molar-refractivity contribution in [1.82, 2.24) is 10.2 Å². The van der Waals surface area contributed by atoms with Crippen LogP contribution >= 0.6 is 23.2 Å². The molecule has 7 heteroatoms. The van der Waals surface area contributed by atoms with Crippen LogP contribution in [0.25, 0.3) is 0 Å². The van der Waals surface area contributed by atoms with E-state index in [1.165, 1.54) is 4.90 Å². The Morgan fingerprint density at radius 1 is 1.03 bits per heavy atom. The molecule has 0 aliphatic carbocycles. The molecule has 5 nitrogen and oxygen atoms in total. The highest BCUT2D eigenvalue weighted by Crippen LogP contribution is 2.24. The second-order valence-electron chi connectivity index (χ2n) is 7.20. The Labute approximate surface area is 188 Å². The molecule has 0 radical (unpaired) electrons. The van der Waals surface area contributed by atoms with Crippen LogP contribution in [-0.4, -0.2) is 35.9 Å². The quantitative estimate of drug-likeness (QED) is 0.588. The number of hydrogen-bond donors (Lipinski definition) is 1. The third-order valence-electron chi connectivity index (χ3n) is 4.63. The molecule has 0 fully saturated rings. The number of amides is 2. The highest BCUT2D eigenvalue weighted by Gasteiger charge is 2.28. The Hall–Kier alpha value is -2.24. The third-order valence-corrected chi connectivity index (χ3v) is 5.37. The maximum absolute atomic E-state index is 13.1. The third kappa shape index (κ3) is 6.64. The highest BCUT2D eigenvalue weighted by atomic mass is 35.5. The standard InChI is InChI=1S/C23H28Cl2N2O3/c1-5-21(23(29)26-6-2)27(13-17-7-8-19(24)20(25)12-17)22(28)14-30-18-10-15(3)9-16(4)11-18/h7-12,21H,5-6,13-14H2,1-4H3,(H,26,29). The van der Waals surface area contributed by atoms with Gasteiger partial charge in [0, 0.05) is 13.1 Å². The second kappa shape index (κ2) is 11.2. The summed E-state index contributed by atoms with van der Waals surface area (Å²) in [5.41, 5.74) is 2.89. The molecule has 2 aromatic carbocycles. The molecule has 162 valence electrons. The fourth-order valence-electron chi connectivity index (χ4n) is 3.29.